The Morgan fingerprint density at radius 1 is 1.16 bits per heavy atom. The molecule has 0 aliphatic rings. The number of carboxylic acid groups (broad SMARTS) is 1. The van der Waals surface area contributed by atoms with Gasteiger partial charge in [-0.05, 0) is 17.7 Å². The third kappa shape index (κ3) is 7.28. The van der Waals surface area contributed by atoms with Gasteiger partial charge < -0.3 is 24.6 Å². The Bertz CT molecular complexity index is 366. The highest BCUT2D eigenvalue weighted by molar-refractivity contribution is 5.64. The summed E-state index contributed by atoms with van der Waals surface area (Å²) in [5.41, 5.74) is 0.881. The molecule has 1 amide bonds. The number of nitrogens with one attached hydrogen (secondary N) is 1. The van der Waals surface area contributed by atoms with Gasteiger partial charge in [0.05, 0.1) is 19.8 Å². The van der Waals surface area contributed by atoms with Gasteiger partial charge in [0.1, 0.15) is 12.4 Å². The molecule has 1 aromatic rings. The molecular formula is C13H19NO5. The second-order valence-electron chi connectivity index (χ2n) is 3.76. The summed E-state index contributed by atoms with van der Waals surface area (Å²) in [7, 11) is 1.63. The molecule has 6 heteroatoms. The predicted octanol–water partition coefficient (Wildman–Crippen LogP) is 1.50. The average molecular weight is 269 g/mol. The standard InChI is InChI=1S/C13H19NO5/c1-17-6-7-18-8-9-19-12-4-2-11(3-5-12)10-14-13(15)16/h2-5,14H,6-10H2,1H3,(H,15,16). The van der Waals surface area contributed by atoms with E-state index in [2.05, 4.69) is 5.32 Å². The monoisotopic (exact) mass is 269 g/mol. The molecule has 0 saturated heterocycles. The maximum atomic E-state index is 10.3. The Balaban J connectivity index is 2.19. The molecule has 0 radical (unpaired) electrons. The number of carbonyl (C=O) groups is 1. The topological polar surface area (TPSA) is 77.0 Å². The third-order valence-electron chi connectivity index (χ3n) is 2.30. The fourth-order valence-electron chi connectivity index (χ4n) is 1.34. The molecule has 0 aliphatic heterocycles. The van der Waals surface area contributed by atoms with Gasteiger partial charge in [0.2, 0.25) is 0 Å². The number of rotatable bonds is 9. The minimum absolute atomic E-state index is 0.287. The predicted molar refractivity (Wildman–Crippen MR) is 69.5 cm³/mol. The summed E-state index contributed by atoms with van der Waals surface area (Å²) in [6.45, 7) is 2.39. The molecule has 0 aliphatic carbocycles. The van der Waals surface area contributed by atoms with Crippen LogP contribution in [-0.2, 0) is 16.0 Å². The Hall–Kier alpha value is -1.79. The van der Waals surface area contributed by atoms with Crippen molar-refractivity contribution in [2.45, 2.75) is 6.54 Å². The first-order chi connectivity index (χ1) is 9.22. The molecule has 0 bridgehead atoms. The lowest BCUT2D eigenvalue weighted by Gasteiger charge is -2.08. The number of ether oxygens (including phenoxy) is 3. The quantitative estimate of drug-likeness (QED) is 0.664. The van der Waals surface area contributed by atoms with Gasteiger partial charge in [-0.2, -0.15) is 0 Å². The zero-order valence-electron chi connectivity index (χ0n) is 10.9. The SMILES string of the molecule is COCCOCCOc1ccc(CNC(=O)O)cc1. The number of hydrogen-bond donors (Lipinski definition) is 2. The zero-order valence-corrected chi connectivity index (χ0v) is 10.9. The van der Waals surface area contributed by atoms with Crippen molar-refractivity contribution in [3.63, 3.8) is 0 Å². The van der Waals surface area contributed by atoms with E-state index >= 15 is 0 Å². The van der Waals surface area contributed by atoms with Crippen molar-refractivity contribution < 1.29 is 24.1 Å². The largest absolute Gasteiger partial charge is 0.491 e. The van der Waals surface area contributed by atoms with Crippen LogP contribution in [0.2, 0.25) is 0 Å². The fraction of sp³-hybridized carbons (Fsp3) is 0.462. The normalized spacial score (nSPS) is 10.2. The lowest BCUT2D eigenvalue weighted by molar-refractivity contribution is 0.0544. The highest BCUT2D eigenvalue weighted by Gasteiger charge is 1.98. The van der Waals surface area contributed by atoms with Gasteiger partial charge in [0, 0.05) is 13.7 Å². The van der Waals surface area contributed by atoms with Gasteiger partial charge in [-0.25, -0.2) is 4.79 Å². The van der Waals surface area contributed by atoms with E-state index in [0.717, 1.165) is 11.3 Å². The lowest BCUT2D eigenvalue weighted by atomic mass is 10.2. The fourth-order valence-corrected chi connectivity index (χ4v) is 1.34. The smallest absolute Gasteiger partial charge is 0.404 e. The van der Waals surface area contributed by atoms with Crippen molar-refractivity contribution in [3.8, 4) is 5.75 Å². The van der Waals surface area contributed by atoms with Crippen LogP contribution in [0.4, 0.5) is 4.79 Å². The molecule has 0 unspecified atom stereocenters. The Labute approximate surface area is 112 Å². The summed E-state index contributed by atoms with van der Waals surface area (Å²) in [6.07, 6.45) is -1.03. The van der Waals surface area contributed by atoms with E-state index in [1.54, 1.807) is 19.2 Å². The van der Waals surface area contributed by atoms with Gasteiger partial charge in [-0.1, -0.05) is 12.1 Å². The van der Waals surface area contributed by atoms with E-state index in [1.165, 1.54) is 0 Å². The van der Waals surface area contributed by atoms with E-state index in [-0.39, 0.29) is 6.54 Å². The first-order valence-corrected chi connectivity index (χ1v) is 5.97. The Kier molecular flexibility index (Phi) is 7.38. The maximum Gasteiger partial charge on any atom is 0.404 e. The van der Waals surface area contributed by atoms with Gasteiger partial charge in [0.25, 0.3) is 0 Å². The van der Waals surface area contributed by atoms with Crippen LogP contribution in [0.5, 0.6) is 5.75 Å². The molecule has 6 nitrogen and oxygen atoms in total. The number of methoxy groups -OCH3 is 1. The Morgan fingerprint density at radius 2 is 1.84 bits per heavy atom. The van der Waals surface area contributed by atoms with Gasteiger partial charge in [-0.15, -0.1) is 0 Å². The minimum Gasteiger partial charge on any atom is -0.491 e. The average Bonchev–Trinajstić information content (AvgIpc) is 2.41. The molecule has 2 N–H and O–H groups in total. The molecule has 106 valence electrons. The molecule has 0 saturated carbocycles. The number of benzene rings is 1. The maximum absolute atomic E-state index is 10.3. The van der Waals surface area contributed by atoms with Crippen LogP contribution >= 0.6 is 0 Å². The van der Waals surface area contributed by atoms with Crippen molar-refractivity contribution in [2.24, 2.45) is 0 Å². The summed E-state index contributed by atoms with van der Waals surface area (Å²) >= 11 is 0. The highest BCUT2D eigenvalue weighted by Crippen LogP contribution is 2.11. The molecule has 0 aromatic heterocycles. The number of hydrogen-bond acceptors (Lipinski definition) is 4. The van der Waals surface area contributed by atoms with Crippen LogP contribution in [0, 0.1) is 0 Å². The summed E-state index contributed by atoms with van der Waals surface area (Å²) in [4.78, 5) is 10.3. The molecule has 19 heavy (non-hydrogen) atoms. The second kappa shape index (κ2) is 9.18. The van der Waals surface area contributed by atoms with Gasteiger partial charge in [0.15, 0.2) is 0 Å². The van der Waals surface area contributed by atoms with Crippen molar-refractivity contribution in [1.82, 2.24) is 5.32 Å². The summed E-state index contributed by atoms with van der Waals surface area (Å²) < 4.78 is 15.6. The van der Waals surface area contributed by atoms with Crippen LogP contribution in [0.3, 0.4) is 0 Å². The summed E-state index contributed by atoms with van der Waals surface area (Å²) in [5.74, 6) is 0.731. The van der Waals surface area contributed by atoms with E-state index in [1.807, 2.05) is 12.1 Å². The molecule has 1 rings (SSSR count). The Morgan fingerprint density at radius 3 is 2.47 bits per heavy atom. The van der Waals surface area contributed by atoms with Gasteiger partial charge >= 0.3 is 6.09 Å². The molecule has 0 heterocycles. The van der Waals surface area contributed by atoms with Crippen molar-refractivity contribution in [3.05, 3.63) is 29.8 Å². The van der Waals surface area contributed by atoms with Crippen LogP contribution in [-0.4, -0.2) is 44.7 Å². The lowest BCUT2D eigenvalue weighted by Crippen LogP contribution is -2.19. The molecule has 0 spiro atoms. The van der Waals surface area contributed by atoms with Crippen LogP contribution in [0.25, 0.3) is 0 Å². The van der Waals surface area contributed by atoms with Crippen molar-refractivity contribution in [1.29, 1.82) is 0 Å². The first-order valence-electron chi connectivity index (χ1n) is 5.97. The highest BCUT2D eigenvalue weighted by atomic mass is 16.5. The van der Waals surface area contributed by atoms with E-state index < -0.39 is 6.09 Å². The molecule has 0 fully saturated rings. The van der Waals surface area contributed by atoms with Crippen LogP contribution < -0.4 is 10.1 Å². The van der Waals surface area contributed by atoms with E-state index in [0.29, 0.717) is 26.4 Å². The van der Waals surface area contributed by atoms with Crippen LogP contribution in [0.1, 0.15) is 5.56 Å². The molecule has 0 atom stereocenters. The van der Waals surface area contributed by atoms with Gasteiger partial charge in [-0.3, -0.25) is 0 Å². The molecular weight excluding hydrogens is 250 g/mol. The summed E-state index contributed by atoms with van der Waals surface area (Å²) in [6, 6.07) is 7.23. The molecule has 1 aromatic carbocycles. The summed E-state index contributed by atoms with van der Waals surface area (Å²) in [5, 5.41) is 10.8. The second-order valence-corrected chi connectivity index (χ2v) is 3.76. The first kappa shape index (κ1) is 15.3. The van der Waals surface area contributed by atoms with Crippen molar-refractivity contribution in [2.75, 3.05) is 33.5 Å². The van der Waals surface area contributed by atoms with E-state index in [4.69, 9.17) is 19.3 Å². The third-order valence-corrected chi connectivity index (χ3v) is 2.30. The van der Waals surface area contributed by atoms with Crippen molar-refractivity contribution >= 4 is 6.09 Å². The minimum atomic E-state index is -1.03. The van der Waals surface area contributed by atoms with E-state index in [9.17, 15) is 4.79 Å². The van der Waals surface area contributed by atoms with Crippen LogP contribution in [0.15, 0.2) is 24.3 Å². The number of amides is 1. The zero-order chi connectivity index (χ0) is 13.9.